The molecule has 5 atom stereocenters. The summed E-state index contributed by atoms with van der Waals surface area (Å²) >= 11 is 0. The fourth-order valence-corrected chi connectivity index (χ4v) is 6.72. The van der Waals surface area contributed by atoms with Crippen LogP contribution in [0.15, 0.2) is 59.6 Å². The molecule has 12 N–H and O–H groups in total. The molecule has 19 nitrogen and oxygen atoms in total. The number of unbranched alkanes of at least 4 members (excludes halogenated alkanes) is 1. The number of rotatable bonds is 18. The second-order valence-corrected chi connectivity index (χ2v) is 14.8. The van der Waals surface area contributed by atoms with Crippen LogP contribution in [0.1, 0.15) is 61.4 Å². The molecule has 2 aromatic carbocycles. The molecule has 57 heavy (non-hydrogen) atoms. The Bertz CT molecular complexity index is 1820. The summed E-state index contributed by atoms with van der Waals surface area (Å²) in [5.41, 5.74) is 14.4. The maximum absolute atomic E-state index is 13.9. The summed E-state index contributed by atoms with van der Waals surface area (Å²) in [5, 5.41) is 28.3. The summed E-state index contributed by atoms with van der Waals surface area (Å²) in [6.07, 6.45) is 5.92. The number of benzene rings is 2. The number of hydrogen-bond acceptors (Lipinski definition) is 10. The van der Waals surface area contributed by atoms with Crippen molar-refractivity contribution in [3.63, 3.8) is 0 Å². The molecule has 5 amide bonds. The quantitative estimate of drug-likeness (QED) is 0.0314. The lowest BCUT2D eigenvalue weighted by Crippen LogP contribution is -2.60. The van der Waals surface area contributed by atoms with Gasteiger partial charge in [0.2, 0.25) is 23.6 Å². The van der Waals surface area contributed by atoms with Crippen molar-refractivity contribution in [2.24, 2.45) is 16.5 Å². The van der Waals surface area contributed by atoms with Crippen molar-refractivity contribution in [1.82, 2.24) is 31.9 Å². The van der Waals surface area contributed by atoms with E-state index < -0.39 is 67.7 Å². The molecule has 2 aromatic rings. The van der Waals surface area contributed by atoms with Gasteiger partial charge in [-0.05, 0) is 68.9 Å². The summed E-state index contributed by atoms with van der Waals surface area (Å²) in [6.45, 7) is 1.85. The van der Waals surface area contributed by atoms with Gasteiger partial charge in [-0.25, -0.2) is 0 Å². The van der Waals surface area contributed by atoms with Crippen LogP contribution in [0.5, 0.6) is 0 Å². The summed E-state index contributed by atoms with van der Waals surface area (Å²) in [4.78, 5) is 82.7. The van der Waals surface area contributed by atoms with E-state index in [-0.39, 0.29) is 57.5 Å². The summed E-state index contributed by atoms with van der Waals surface area (Å²) in [6, 6.07) is 10.1. The third-order valence-corrected chi connectivity index (χ3v) is 10.1. The van der Waals surface area contributed by atoms with E-state index in [1.54, 1.807) is 37.3 Å². The molecular formula is C37H51N10O9P. The Hall–Kier alpha value is -5.96. The Morgan fingerprint density at radius 3 is 2.14 bits per heavy atom. The van der Waals surface area contributed by atoms with Crippen LogP contribution < -0.4 is 48.5 Å². The molecular weight excluding hydrogens is 759 g/mol. The standard InChI is InChI=1S/C37H51N10O9P/c1-3-56-57(55,4-2)47-26-17-15-25(16-18-26)32(50)40-19-9-8-13-28-34(52)44-27(14-10-20-41-37(38)39)33(51)43-23-42-29(22-31(48)49)35(53)46-30(36(54)45-28)21-24-11-6-5-7-12-24/h2,5-7,11-12,15-18,27-30,42H,3,8-10,13-14,19-23H2,1H3,(H,40,50)(H,43,51)(H,44,52)(H,45,54)(H,46,53)(H,47,55)(H,48,49)(H4,38,39,41)/t27-,28-,29-,30+,57?/m0/s1. The van der Waals surface area contributed by atoms with Crippen molar-refractivity contribution >= 4 is 54.7 Å². The lowest BCUT2D eigenvalue weighted by molar-refractivity contribution is -0.140. The molecule has 1 aliphatic rings. The van der Waals surface area contributed by atoms with Gasteiger partial charge in [-0.2, -0.15) is 0 Å². The molecule has 308 valence electrons. The van der Waals surface area contributed by atoms with E-state index >= 15 is 0 Å². The summed E-state index contributed by atoms with van der Waals surface area (Å²) < 4.78 is 17.7. The van der Waals surface area contributed by atoms with Gasteiger partial charge in [-0.15, -0.1) is 6.42 Å². The topological polar surface area (TPSA) is 298 Å². The van der Waals surface area contributed by atoms with Gasteiger partial charge in [0.25, 0.3) is 5.91 Å². The number of carboxylic acid groups (broad SMARTS) is 1. The Kier molecular flexibility index (Phi) is 18.5. The largest absolute Gasteiger partial charge is 0.481 e. The maximum Gasteiger partial charge on any atom is 0.367 e. The van der Waals surface area contributed by atoms with Crippen molar-refractivity contribution in [3.8, 4) is 12.1 Å². The first-order valence-corrected chi connectivity index (χ1v) is 20.0. The number of amides is 5. The molecule has 1 saturated heterocycles. The van der Waals surface area contributed by atoms with Crippen molar-refractivity contribution in [2.45, 2.75) is 76.0 Å². The number of carbonyl (C=O) groups excluding carboxylic acids is 5. The second-order valence-electron chi connectivity index (χ2n) is 12.9. The van der Waals surface area contributed by atoms with Gasteiger partial charge in [0, 0.05) is 36.4 Å². The highest BCUT2D eigenvalue weighted by molar-refractivity contribution is 7.65. The normalized spacial score (nSPS) is 20.1. The van der Waals surface area contributed by atoms with E-state index in [1.807, 2.05) is 0 Å². The zero-order valence-electron chi connectivity index (χ0n) is 31.6. The van der Waals surface area contributed by atoms with Crippen LogP contribution in [0.25, 0.3) is 0 Å². The highest BCUT2D eigenvalue weighted by atomic mass is 31.2. The molecule has 20 heteroatoms. The molecule has 1 fully saturated rings. The molecule has 0 radical (unpaired) electrons. The van der Waals surface area contributed by atoms with Crippen LogP contribution in [-0.2, 0) is 39.5 Å². The van der Waals surface area contributed by atoms with Crippen LogP contribution in [0.2, 0.25) is 0 Å². The second kappa shape index (κ2) is 23.2. The molecule has 1 heterocycles. The number of aliphatic imine (C=N–C) groups is 1. The summed E-state index contributed by atoms with van der Waals surface area (Å²) in [5.74, 6) is -4.63. The van der Waals surface area contributed by atoms with Gasteiger partial charge in [-0.1, -0.05) is 30.3 Å². The van der Waals surface area contributed by atoms with E-state index in [0.29, 0.717) is 36.1 Å². The van der Waals surface area contributed by atoms with Gasteiger partial charge < -0.3 is 52.8 Å². The predicted molar refractivity (Wildman–Crippen MR) is 212 cm³/mol. The SMILES string of the molecule is C#CP(=O)(Nc1ccc(C(=O)NCCCC[C@@H]2NC(=O)[C@@H](Cc3ccccc3)NC(=O)[C@H](CC(=O)O)NCNC(=O)[C@H](CCCN=C(N)N)NC2=O)cc1)OCC. The van der Waals surface area contributed by atoms with E-state index in [1.165, 1.54) is 24.3 Å². The third kappa shape index (κ3) is 16.0. The van der Waals surface area contributed by atoms with E-state index in [9.17, 15) is 38.4 Å². The number of carbonyl (C=O) groups is 6. The first-order chi connectivity index (χ1) is 27.2. The van der Waals surface area contributed by atoms with Crippen molar-refractivity contribution < 1.29 is 43.0 Å². The minimum atomic E-state index is -3.52. The number of hydrogen-bond donors (Lipinski definition) is 10. The average Bonchev–Trinajstić information content (AvgIpc) is 3.17. The predicted octanol–water partition coefficient (Wildman–Crippen LogP) is 0.0898. The lowest BCUT2D eigenvalue weighted by atomic mass is 10.0. The summed E-state index contributed by atoms with van der Waals surface area (Å²) in [7, 11) is -3.52. The smallest absolute Gasteiger partial charge is 0.367 e. The van der Waals surface area contributed by atoms with E-state index in [0.717, 1.165) is 0 Å². The van der Waals surface area contributed by atoms with Crippen LogP contribution in [0, 0.1) is 12.1 Å². The first-order valence-electron chi connectivity index (χ1n) is 18.4. The fraction of sp³-hybridized carbons (Fsp3) is 0.432. The highest BCUT2D eigenvalue weighted by Crippen LogP contribution is 2.45. The Morgan fingerprint density at radius 1 is 0.895 bits per heavy atom. The number of aliphatic carboxylic acids is 1. The average molecular weight is 811 g/mol. The Balaban J connectivity index is 1.77. The lowest BCUT2D eigenvalue weighted by Gasteiger charge is -2.28. The monoisotopic (exact) mass is 810 g/mol. The number of terminal acetylenes is 1. The van der Waals surface area contributed by atoms with Crippen molar-refractivity contribution in [2.75, 3.05) is 31.5 Å². The fourth-order valence-electron chi connectivity index (χ4n) is 5.66. The molecule has 1 aliphatic heterocycles. The molecule has 0 saturated carbocycles. The van der Waals surface area contributed by atoms with E-state index in [4.69, 9.17) is 22.4 Å². The zero-order valence-corrected chi connectivity index (χ0v) is 32.5. The Labute approximate surface area is 330 Å². The Morgan fingerprint density at radius 2 is 1.51 bits per heavy atom. The van der Waals surface area contributed by atoms with Crippen LogP contribution in [0.4, 0.5) is 5.69 Å². The van der Waals surface area contributed by atoms with Gasteiger partial charge in [0.1, 0.15) is 18.1 Å². The van der Waals surface area contributed by atoms with Crippen molar-refractivity contribution in [3.05, 3.63) is 65.7 Å². The van der Waals surface area contributed by atoms with Crippen LogP contribution in [0.3, 0.4) is 0 Å². The van der Waals surface area contributed by atoms with Crippen LogP contribution >= 0.6 is 7.52 Å². The molecule has 0 aliphatic carbocycles. The first kappa shape index (κ1) is 45.4. The minimum Gasteiger partial charge on any atom is -0.481 e. The molecule has 0 bridgehead atoms. The zero-order chi connectivity index (χ0) is 41.8. The molecule has 1 unspecified atom stereocenters. The number of carboxylic acids is 1. The van der Waals surface area contributed by atoms with Gasteiger partial charge in [0.05, 0.1) is 25.7 Å². The number of nitrogens with zero attached hydrogens (tertiary/aromatic N) is 1. The van der Waals surface area contributed by atoms with Gasteiger partial charge in [0.15, 0.2) is 5.96 Å². The molecule has 0 spiro atoms. The number of nitrogens with one attached hydrogen (secondary N) is 7. The van der Waals surface area contributed by atoms with Gasteiger partial charge in [-0.3, -0.25) is 43.6 Å². The maximum atomic E-state index is 13.9. The number of anilines is 1. The highest BCUT2D eigenvalue weighted by Gasteiger charge is 2.32. The number of nitrogens with two attached hydrogens (primary N) is 2. The molecule has 0 aromatic heterocycles. The third-order valence-electron chi connectivity index (χ3n) is 8.54. The van der Waals surface area contributed by atoms with E-state index in [2.05, 4.69) is 47.6 Å². The number of guanidine groups is 1. The minimum absolute atomic E-state index is 0.0233. The molecule has 3 rings (SSSR count). The van der Waals surface area contributed by atoms with Crippen LogP contribution in [-0.4, -0.2) is 97.1 Å². The van der Waals surface area contributed by atoms with Gasteiger partial charge >= 0.3 is 13.5 Å². The van der Waals surface area contributed by atoms with Crippen molar-refractivity contribution in [1.29, 1.82) is 0 Å².